The van der Waals surface area contributed by atoms with Gasteiger partial charge in [0.25, 0.3) is 0 Å². The summed E-state index contributed by atoms with van der Waals surface area (Å²) in [6.45, 7) is 0. The van der Waals surface area contributed by atoms with Gasteiger partial charge in [-0.25, -0.2) is 0 Å². The van der Waals surface area contributed by atoms with Gasteiger partial charge >= 0.3 is 0 Å². The second-order valence-corrected chi connectivity index (χ2v) is 18.5. The van der Waals surface area contributed by atoms with Crippen LogP contribution in [0, 0.1) is 0 Å². The van der Waals surface area contributed by atoms with Crippen LogP contribution >= 0.6 is 22.7 Å². The molecule has 300 valence electrons. The fourth-order valence-electron chi connectivity index (χ4n) is 9.70. The van der Waals surface area contributed by atoms with E-state index in [2.05, 4.69) is 229 Å². The van der Waals surface area contributed by atoms with Gasteiger partial charge in [-0.05, 0) is 99.1 Å². The van der Waals surface area contributed by atoms with Crippen molar-refractivity contribution in [2.45, 2.75) is 0 Å². The van der Waals surface area contributed by atoms with E-state index in [0.29, 0.717) is 0 Å². The second-order valence-electron chi connectivity index (χ2n) is 16.4. The zero-order chi connectivity index (χ0) is 42.1. The molecule has 10 aromatic carbocycles. The fourth-order valence-corrected chi connectivity index (χ4v) is 12.2. The van der Waals surface area contributed by atoms with E-state index in [4.69, 9.17) is 4.42 Å². The van der Waals surface area contributed by atoms with Crippen LogP contribution in [0.15, 0.2) is 229 Å². The highest BCUT2D eigenvalue weighted by Crippen LogP contribution is 2.52. The summed E-state index contributed by atoms with van der Waals surface area (Å²) in [6.07, 6.45) is 0. The van der Waals surface area contributed by atoms with Crippen molar-refractivity contribution in [3.05, 3.63) is 224 Å². The van der Waals surface area contributed by atoms with Gasteiger partial charge in [0, 0.05) is 52.1 Å². The Balaban J connectivity index is 1.12. The average Bonchev–Trinajstić information content (AvgIpc) is 4.07. The number of benzene rings is 10. The lowest BCUT2D eigenvalue weighted by atomic mass is 9.94. The van der Waals surface area contributed by atoms with Crippen LogP contribution in [0.2, 0.25) is 0 Å². The largest absolute Gasteiger partial charge is 0.456 e. The van der Waals surface area contributed by atoms with Gasteiger partial charge in [-0.15, -0.1) is 22.7 Å². The first-order chi connectivity index (χ1) is 31.7. The molecular formula is C60H37NOS2. The fraction of sp³-hybridized carbons (Fsp3) is 0. The highest BCUT2D eigenvalue weighted by Gasteiger charge is 2.25. The number of anilines is 3. The second kappa shape index (κ2) is 15.0. The zero-order valence-corrected chi connectivity index (χ0v) is 36.2. The lowest BCUT2D eigenvalue weighted by Gasteiger charge is -2.27. The van der Waals surface area contributed by atoms with Gasteiger partial charge in [-0.3, -0.25) is 0 Å². The Bertz CT molecular complexity index is 3890. The smallest absolute Gasteiger partial charge is 0.136 e. The van der Waals surface area contributed by atoms with E-state index < -0.39 is 0 Å². The molecule has 13 rings (SSSR count). The molecule has 64 heavy (non-hydrogen) atoms. The molecule has 0 spiro atoms. The molecule has 0 saturated carbocycles. The summed E-state index contributed by atoms with van der Waals surface area (Å²) >= 11 is 3.75. The summed E-state index contributed by atoms with van der Waals surface area (Å²) in [6, 6.07) is 81.5. The first-order valence-corrected chi connectivity index (χ1v) is 23.3. The van der Waals surface area contributed by atoms with E-state index >= 15 is 0 Å². The molecule has 0 aliphatic heterocycles. The van der Waals surface area contributed by atoms with Gasteiger partial charge in [-0.2, -0.15) is 0 Å². The SMILES string of the molecule is c1ccc(-c2cc(-c3ccccc3)c3c(c2)oc2ccc(N(c4cccc5c4sc4ccccc45)c4ccc(-c5ccccc5)c5sc6cc(-c7ccccc7)ccc6c45)cc23)cc1. The van der Waals surface area contributed by atoms with Crippen LogP contribution < -0.4 is 4.90 Å². The summed E-state index contributed by atoms with van der Waals surface area (Å²) in [7, 11) is 0. The zero-order valence-electron chi connectivity index (χ0n) is 34.5. The molecule has 0 amide bonds. The number of hydrogen-bond acceptors (Lipinski definition) is 4. The monoisotopic (exact) mass is 851 g/mol. The number of fused-ring (bicyclic) bond motifs is 9. The molecule has 0 aliphatic carbocycles. The minimum atomic E-state index is 0.861. The van der Waals surface area contributed by atoms with Gasteiger partial charge in [0.2, 0.25) is 0 Å². The van der Waals surface area contributed by atoms with Gasteiger partial charge in [0.1, 0.15) is 11.2 Å². The first kappa shape index (κ1) is 36.9. The summed E-state index contributed by atoms with van der Waals surface area (Å²) in [4.78, 5) is 2.52. The first-order valence-electron chi connectivity index (χ1n) is 21.7. The molecule has 0 bridgehead atoms. The van der Waals surface area contributed by atoms with Crippen LogP contribution in [0.3, 0.4) is 0 Å². The lowest BCUT2D eigenvalue weighted by Crippen LogP contribution is -2.10. The Kier molecular flexibility index (Phi) is 8.61. The molecule has 0 unspecified atom stereocenters. The summed E-state index contributed by atoms with van der Waals surface area (Å²) < 4.78 is 11.9. The highest BCUT2D eigenvalue weighted by atomic mass is 32.1. The average molecular weight is 852 g/mol. The van der Waals surface area contributed by atoms with Crippen LogP contribution in [0.5, 0.6) is 0 Å². The van der Waals surface area contributed by atoms with Crippen molar-refractivity contribution >= 4 is 102 Å². The topological polar surface area (TPSA) is 16.4 Å². The van der Waals surface area contributed by atoms with E-state index in [-0.39, 0.29) is 0 Å². The molecule has 0 radical (unpaired) electrons. The minimum absolute atomic E-state index is 0.861. The van der Waals surface area contributed by atoms with Crippen LogP contribution in [-0.4, -0.2) is 0 Å². The Morgan fingerprint density at radius 2 is 0.953 bits per heavy atom. The number of nitrogens with zero attached hydrogens (tertiary/aromatic N) is 1. The molecule has 0 atom stereocenters. The van der Waals surface area contributed by atoms with E-state index in [1.807, 2.05) is 22.7 Å². The standard InChI is InChI=1S/C60H37NOS2/c1-5-16-38(17-6-1)42-28-30-48-56(36-42)64-60-45(40-20-9-3-10-21-40)31-32-51(58(48)60)61(52-26-15-25-47-46-24-13-14-27-55(46)63-59(47)52)44-29-33-53-50(37-44)57-49(41-22-11-4-12-23-41)34-43(35-54(57)62-53)39-18-7-2-8-19-39/h1-37H. The van der Waals surface area contributed by atoms with E-state index in [1.165, 1.54) is 62.6 Å². The Morgan fingerprint density at radius 1 is 0.312 bits per heavy atom. The van der Waals surface area contributed by atoms with Gasteiger partial charge in [0.05, 0.1) is 16.1 Å². The molecule has 0 N–H and O–H groups in total. The van der Waals surface area contributed by atoms with Crippen molar-refractivity contribution in [2.24, 2.45) is 0 Å². The molecule has 4 heteroatoms. The predicted molar refractivity (Wildman–Crippen MR) is 276 cm³/mol. The van der Waals surface area contributed by atoms with Crippen LogP contribution in [0.4, 0.5) is 17.1 Å². The highest BCUT2D eigenvalue weighted by molar-refractivity contribution is 7.27. The quantitative estimate of drug-likeness (QED) is 0.159. The number of thiophene rings is 2. The minimum Gasteiger partial charge on any atom is -0.456 e. The van der Waals surface area contributed by atoms with Crippen molar-refractivity contribution < 1.29 is 4.42 Å². The van der Waals surface area contributed by atoms with Gasteiger partial charge < -0.3 is 9.32 Å². The number of furan rings is 1. The number of rotatable bonds is 7. The maximum Gasteiger partial charge on any atom is 0.136 e. The number of hydrogen-bond donors (Lipinski definition) is 0. The maximum absolute atomic E-state index is 6.85. The third-order valence-corrected chi connectivity index (χ3v) is 15.1. The van der Waals surface area contributed by atoms with Crippen LogP contribution in [0.1, 0.15) is 0 Å². The summed E-state index contributed by atoms with van der Waals surface area (Å²) in [5.41, 5.74) is 14.6. The van der Waals surface area contributed by atoms with Crippen molar-refractivity contribution in [1.29, 1.82) is 0 Å². The molecule has 3 heterocycles. The Hall–Kier alpha value is -7.76. The molecular weight excluding hydrogens is 815 g/mol. The Labute approximate surface area is 378 Å². The predicted octanol–water partition coefficient (Wildman–Crippen LogP) is 18.5. The summed E-state index contributed by atoms with van der Waals surface area (Å²) in [5.74, 6) is 0. The van der Waals surface area contributed by atoms with E-state index in [1.54, 1.807) is 0 Å². The van der Waals surface area contributed by atoms with Crippen molar-refractivity contribution in [2.75, 3.05) is 4.90 Å². The van der Waals surface area contributed by atoms with Crippen molar-refractivity contribution in [3.8, 4) is 44.5 Å². The molecule has 0 aliphatic rings. The van der Waals surface area contributed by atoms with Gasteiger partial charge in [0.15, 0.2) is 0 Å². The van der Waals surface area contributed by atoms with Crippen LogP contribution in [-0.2, 0) is 0 Å². The maximum atomic E-state index is 6.85. The van der Waals surface area contributed by atoms with E-state index in [9.17, 15) is 0 Å². The molecule has 0 saturated heterocycles. The molecule has 3 aromatic heterocycles. The van der Waals surface area contributed by atoms with Gasteiger partial charge in [-0.1, -0.05) is 170 Å². The Morgan fingerprint density at radius 3 is 1.70 bits per heavy atom. The molecule has 0 fully saturated rings. The van der Waals surface area contributed by atoms with Crippen molar-refractivity contribution in [1.82, 2.24) is 0 Å². The van der Waals surface area contributed by atoms with Crippen molar-refractivity contribution in [3.63, 3.8) is 0 Å². The third-order valence-electron chi connectivity index (χ3n) is 12.7. The molecule has 13 aromatic rings. The third kappa shape index (κ3) is 5.99. The normalized spacial score (nSPS) is 11.8. The lowest BCUT2D eigenvalue weighted by molar-refractivity contribution is 0.669. The molecule has 2 nitrogen and oxygen atoms in total. The van der Waals surface area contributed by atoms with E-state index in [0.717, 1.165) is 61.3 Å². The summed E-state index contributed by atoms with van der Waals surface area (Å²) in [5, 5.41) is 7.23. The van der Waals surface area contributed by atoms with Crippen LogP contribution in [0.25, 0.3) is 107 Å².